The van der Waals surface area contributed by atoms with E-state index < -0.39 is 17.5 Å². The van der Waals surface area contributed by atoms with Crippen molar-refractivity contribution in [1.82, 2.24) is 5.32 Å². The number of thiophene rings is 1. The van der Waals surface area contributed by atoms with E-state index in [1.807, 2.05) is 0 Å². The molecular weight excluding hydrogens is 284 g/mol. The number of aromatic carboxylic acids is 1. The Morgan fingerprint density at radius 2 is 2.10 bits per heavy atom. The minimum Gasteiger partial charge on any atom is -0.478 e. The number of aliphatic hydroxyl groups is 1. The van der Waals surface area contributed by atoms with E-state index in [-0.39, 0.29) is 17.2 Å². The molecule has 1 aromatic rings. The molecule has 110 valence electrons. The van der Waals surface area contributed by atoms with Crippen molar-refractivity contribution in [3.05, 3.63) is 17.0 Å². The van der Waals surface area contributed by atoms with Gasteiger partial charge in [-0.1, -0.05) is 0 Å². The van der Waals surface area contributed by atoms with Gasteiger partial charge >= 0.3 is 12.0 Å². The lowest BCUT2D eigenvalue weighted by Crippen LogP contribution is -2.55. The summed E-state index contributed by atoms with van der Waals surface area (Å²) in [5.41, 5.74) is -0.654. The molecule has 1 aromatic heterocycles. The number of urea groups is 1. The lowest BCUT2D eigenvalue weighted by molar-refractivity contribution is 0.0179. The predicted octanol–water partition coefficient (Wildman–Crippen LogP) is 1.11. The molecule has 0 atom stereocenters. The molecule has 0 spiro atoms. The Labute approximate surface area is 119 Å². The molecule has 8 heteroatoms. The quantitative estimate of drug-likeness (QED) is 0.666. The second kappa shape index (κ2) is 6.21. The van der Waals surface area contributed by atoms with Crippen molar-refractivity contribution >= 4 is 28.3 Å². The molecular formula is C12H16N2O5S. The molecule has 0 bridgehead atoms. The molecule has 1 aliphatic rings. The Kier molecular flexibility index (Phi) is 4.58. The maximum atomic E-state index is 12.0. The van der Waals surface area contributed by atoms with Crippen LogP contribution in [0.1, 0.15) is 23.2 Å². The van der Waals surface area contributed by atoms with Gasteiger partial charge in [0.1, 0.15) is 5.00 Å². The summed E-state index contributed by atoms with van der Waals surface area (Å²) in [4.78, 5) is 22.9. The van der Waals surface area contributed by atoms with Crippen molar-refractivity contribution in [3.8, 4) is 0 Å². The van der Waals surface area contributed by atoms with Gasteiger partial charge in [-0.15, -0.1) is 11.3 Å². The van der Waals surface area contributed by atoms with Crippen LogP contribution in [0.4, 0.5) is 9.80 Å². The topological polar surface area (TPSA) is 108 Å². The van der Waals surface area contributed by atoms with E-state index in [2.05, 4.69) is 10.6 Å². The number of carbonyl (C=O) groups excluding carboxylic acids is 1. The largest absolute Gasteiger partial charge is 0.478 e. The fraction of sp³-hybridized carbons (Fsp3) is 0.500. The van der Waals surface area contributed by atoms with Gasteiger partial charge in [-0.3, -0.25) is 5.32 Å². The van der Waals surface area contributed by atoms with Gasteiger partial charge in [-0.25, -0.2) is 9.59 Å². The van der Waals surface area contributed by atoms with Crippen molar-refractivity contribution in [2.75, 3.05) is 25.1 Å². The lowest BCUT2D eigenvalue weighted by Gasteiger charge is -2.36. The lowest BCUT2D eigenvalue weighted by atomic mass is 9.91. The van der Waals surface area contributed by atoms with Crippen molar-refractivity contribution in [2.45, 2.75) is 18.4 Å². The first kappa shape index (κ1) is 14.8. The minimum atomic E-state index is -1.09. The smallest absolute Gasteiger partial charge is 0.338 e. The monoisotopic (exact) mass is 300 g/mol. The summed E-state index contributed by atoms with van der Waals surface area (Å²) in [7, 11) is 0. The third kappa shape index (κ3) is 3.27. The first-order chi connectivity index (χ1) is 9.56. The molecule has 4 N–H and O–H groups in total. The van der Waals surface area contributed by atoms with Crippen LogP contribution >= 0.6 is 11.3 Å². The second-order valence-corrected chi connectivity index (χ2v) is 5.51. The van der Waals surface area contributed by atoms with E-state index in [0.717, 1.165) is 11.3 Å². The molecule has 0 aromatic carbocycles. The molecule has 1 aliphatic heterocycles. The maximum Gasteiger partial charge on any atom is 0.338 e. The molecule has 2 amide bonds. The predicted molar refractivity (Wildman–Crippen MR) is 73.3 cm³/mol. The number of rotatable bonds is 4. The molecule has 0 saturated carbocycles. The van der Waals surface area contributed by atoms with Crippen LogP contribution in [0.5, 0.6) is 0 Å². The summed E-state index contributed by atoms with van der Waals surface area (Å²) in [5.74, 6) is -1.09. The Morgan fingerprint density at radius 3 is 2.70 bits per heavy atom. The van der Waals surface area contributed by atoms with Gasteiger partial charge in [-0.2, -0.15) is 0 Å². The highest BCUT2D eigenvalue weighted by Gasteiger charge is 2.33. The van der Waals surface area contributed by atoms with Gasteiger partial charge in [0.15, 0.2) is 0 Å². The zero-order valence-electron chi connectivity index (χ0n) is 10.7. The maximum absolute atomic E-state index is 12.0. The van der Waals surface area contributed by atoms with Crippen LogP contribution in [0.25, 0.3) is 0 Å². The number of aliphatic hydroxyl groups excluding tert-OH is 1. The van der Waals surface area contributed by atoms with Crippen LogP contribution in [-0.2, 0) is 4.74 Å². The Hall–Kier alpha value is -1.64. The number of nitrogens with one attached hydrogen (secondary N) is 2. The van der Waals surface area contributed by atoms with E-state index >= 15 is 0 Å². The number of anilines is 1. The van der Waals surface area contributed by atoms with Crippen LogP contribution < -0.4 is 10.6 Å². The summed E-state index contributed by atoms with van der Waals surface area (Å²) in [6, 6.07) is 0.907. The molecule has 7 nitrogen and oxygen atoms in total. The van der Waals surface area contributed by atoms with Gasteiger partial charge in [0.05, 0.1) is 17.7 Å². The van der Waals surface area contributed by atoms with Crippen LogP contribution in [0.2, 0.25) is 0 Å². The standard InChI is InChI=1S/C12H16N2O5S/c15-7-12(2-4-19-5-3-12)14-11(18)13-9-8(10(16)17)1-6-20-9/h1,6,15H,2-5,7H2,(H,16,17)(H2,13,14,18). The van der Waals surface area contributed by atoms with Crippen LogP contribution in [0.3, 0.4) is 0 Å². The zero-order chi connectivity index (χ0) is 14.6. The normalized spacial score (nSPS) is 17.4. The summed E-state index contributed by atoms with van der Waals surface area (Å²) in [5, 5.41) is 25.5. The van der Waals surface area contributed by atoms with E-state index in [1.165, 1.54) is 6.07 Å². The molecule has 0 aliphatic carbocycles. The second-order valence-electron chi connectivity index (χ2n) is 4.60. The SMILES string of the molecule is O=C(Nc1sccc1C(=O)O)NC1(CO)CCOCC1. The van der Waals surface area contributed by atoms with Crippen molar-refractivity contribution in [3.63, 3.8) is 0 Å². The van der Waals surface area contributed by atoms with Crippen molar-refractivity contribution < 1.29 is 24.5 Å². The number of amides is 2. The van der Waals surface area contributed by atoms with E-state index in [4.69, 9.17) is 9.84 Å². The van der Waals surface area contributed by atoms with Gasteiger partial charge in [0, 0.05) is 13.2 Å². The fourth-order valence-corrected chi connectivity index (χ4v) is 2.81. The van der Waals surface area contributed by atoms with Crippen molar-refractivity contribution in [1.29, 1.82) is 0 Å². The Morgan fingerprint density at radius 1 is 1.40 bits per heavy atom. The number of carbonyl (C=O) groups is 2. The molecule has 0 unspecified atom stereocenters. The van der Waals surface area contributed by atoms with Gasteiger partial charge in [0.25, 0.3) is 0 Å². The average Bonchev–Trinajstić information content (AvgIpc) is 2.88. The summed E-state index contributed by atoms with van der Waals surface area (Å²) >= 11 is 1.13. The van der Waals surface area contributed by atoms with Gasteiger partial charge < -0.3 is 20.3 Å². The van der Waals surface area contributed by atoms with E-state index in [9.17, 15) is 14.7 Å². The number of carboxylic acids is 1. The Balaban J connectivity index is 2.01. The summed E-state index contributed by atoms with van der Waals surface area (Å²) in [6.45, 7) is 0.764. The first-order valence-corrected chi connectivity index (χ1v) is 7.03. The van der Waals surface area contributed by atoms with Crippen LogP contribution in [0.15, 0.2) is 11.4 Å². The third-order valence-electron chi connectivity index (χ3n) is 3.25. The summed E-state index contributed by atoms with van der Waals surface area (Å²) < 4.78 is 5.21. The van der Waals surface area contributed by atoms with E-state index in [0.29, 0.717) is 26.1 Å². The van der Waals surface area contributed by atoms with Gasteiger partial charge in [0.2, 0.25) is 0 Å². The highest BCUT2D eigenvalue weighted by atomic mass is 32.1. The molecule has 20 heavy (non-hydrogen) atoms. The van der Waals surface area contributed by atoms with Crippen molar-refractivity contribution in [2.24, 2.45) is 0 Å². The average molecular weight is 300 g/mol. The molecule has 1 saturated heterocycles. The fourth-order valence-electron chi connectivity index (χ4n) is 2.03. The molecule has 1 fully saturated rings. The summed E-state index contributed by atoms with van der Waals surface area (Å²) in [6.07, 6.45) is 1.04. The number of carboxylic acid groups (broad SMARTS) is 1. The zero-order valence-corrected chi connectivity index (χ0v) is 11.5. The highest BCUT2D eigenvalue weighted by molar-refractivity contribution is 7.14. The molecule has 0 radical (unpaired) electrons. The first-order valence-electron chi connectivity index (χ1n) is 6.15. The third-order valence-corrected chi connectivity index (χ3v) is 4.08. The molecule has 2 heterocycles. The highest BCUT2D eigenvalue weighted by Crippen LogP contribution is 2.24. The van der Waals surface area contributed by atoms with Gasteiger partial charge in [-0.05, 0) is 24.3 Å². The molecule has 2 rings (SSSR count). The number of hydrogen-bond acceptors (Lipinski definition) is 5. The minimum absolute atomic E-state index is 0.0511. The number of hydrogen-bond donors (Lipinski definition) is 4. The van der Waals surface area contributed by atoms with Crippen LogP contribution in [-0.4, -0.2) is 47.6 Å². The van der Waals surface area contributed by atoms with E-state index in [1.54, 1.807) is 5.38 Å². The number of ether oxygens (including phenoxy) is 1. The Bertz CT molecular complexity index is 496. The van der Waals surface area contributed by atoms with Crippen LogP contribution in [0, 0.1) is 0 Å².